The highest BCUT2D eigenvalue weighted by Crippen LogP contribution is 2.21. The fourth-order valence-corrected chi connectivity index (χ4v) is 3.77. The third kappa shape index (κ3) is 5.23. The lowest BCUT2D eigenvalue weighted by molar-refractivity contribution is -0.132. The summed E-state index contributed by atoms with van der Waals surface area (Å²) in [7, 11) is -3.08. The molecule has 2 saturated heterocycles. The van der Waals surface area contributed by atoms with Crippen LogP contribution < -0.4 is 0 Å². The van der Waals surface area contributed by atoms with Gasteiger partial charge >= 0.3 is 0 Å². The van der Waals surface area contributed by atoms with Gasteiger partial charge in [-0.05, 0) is 32.2 Å². The zero-order valence-corrected chi connectivity index (χ0v) is 13.5. The van der Waals surface area contributed by atoms with Crippen LogP contribution in [0.25, 0.3) is 0 Å². The fraction of sp³-hybridized carbons (Fsp3) is 0.929. The molecule has 0 aliphatic carbocycles. The number of nitrogens with zero attached hydrogens (tertiary/aromatic N) is 2. The maximum Gasteiger partial charge on any atom is 0.223 e. The van der Waals surface area contributed by atoms with Crippen molar-refractivity contribution in [3.63, 3.8) is 0 Å². The van der Waals surface area contributed by atoms with E-state index >= 15 is 0 Å². The Bertz CT molecular complexity index is 458. The van der Waals surface area contributed by atoms with E-state index in [1.807, 2.05) is 0 Å². The second kappa shape index (κ2) is 7.07. The van der Waals surface area contributed by atoms with Crippen LogP contribution in [0.15, 0.2) is 0 Å². The highest BCUT2D eigenvalue weighted by atomic mass is 32.2. The fourth-order valence-electron chi connectivity index (χ4n) is 3.23. The van der Waals surface area contributed by atoms with Gasteiger partial charge in [0.15, 0.2) is 0 Å². The summed E-state index contributed by atoms with van der Waals surface area (Å²) in [4.78, 5) is 16.1. The number of piperidine rings is 2. The molecule has 2 rings (SSSR count). The van der Waals surface area contributed by atoms with Crippen LogP contribution in [0.5, 0.6) is 0 Å². The molecule has 122 valence electrons. The van der Waals surface area contributed by atoms with Crippen molar-refractivity contribution in [3.8, 4) is 0 Å². The van der Waals surface area contributed by atoms with E-state index < -0.39 is 9.84 Å². The topological polar surface area (TPSA) is 77.9 Å². The van der Waals surface area contributed by atoms with Crippen molar-refractivity contribution in [2.45, 2.75) is 44.2 Å². The number of carbonyl (C=O) groups excluding carboxylic acids is 1. The predicted molar refractivity (Wildman–Crippen MR) is 80.7 cm³/mol. The Labute approximate surface area is 127 Å². The van der Waals surface area contributed by atoms with Gasteiger partial charge in [-0.15, -0.1) is 0 Å². The molecule has 1 atom stereocenters. The van der Waals surface area contributed by atoms with Gasteiger partial charge in [0.25, 0.3) is 0 Å². The first kappa shape index (κ1) is 16.7. The van der Waals surface area contributed by atoms with Crippen LogP contribution in [-0.2, 0) is 14.6 Å². The largest absolute Gasteiger partial charge is 0.392 e. The number of aliphatic hydroxyl groups excluding tert-OH is 1. The highest BCUT2D eigenvalue weighted by molar-refractivity contribution is 7.90. The molecular formula is C14H26N2O4S. The van der Waals surface area contributed by atoms with Crippen molar-refractivity contribution in [1.29, 1.82) is 0 Å². The molecular weight excluding hydrogens is 292 g/mol. The molecule has 0 aromatic carbocycles. The van der Waals surface area contributed by atoms with Gasteiger partial charge in [-0.2, -0.15) is 0 Å². The summed E-state index contributed by atoms with van der Waals surface area (Å²) < 4.78 is 22.2. The first-order valence-electron chi connectivity index (χ1n) is 7.73. The SMILES string of the molecule is CS(=O)(=O)CCC(=O)N1CCC(N2CCCC(O)C2)CC1. The number of carbonyl (C=O) groups is 1. The predicted octanol–water partition coefficient (Wildman–Crippen LogP) is -0.131. The molecule has 0 radical (unpaired) electrons. The van der Waals surface area contributed by atoms with Crippen molar-refractivity contribution >= 4 is 15.7 Å². The molecule has 0 saturated carbocycles. The molecule has 0 spiro atoms. The molecule has 2 aliphatic rings. The van der Waals surface area contributed by atoms with Gasteiger partial charge in [0.1, 0.15) is 9.84 Å². The Hall–Kier alpha value is -0.660. The molecule has 21 heavy (non-hydrogen) atoms. The summed E-state index contributed by atoms with van der Waals surface area (Å²) in [5.74, 6) is -0.123. The minimum atomic E-state index is -3.08. The third-order valence-corrected chi connectivity index (χ3v) is 5.39. The second-order valence-corrected chi connectivity index (χ2v) is 8.54. The van der Waals surface area contributed by atoms with Gasteiger partial charge in [-0.1, -0.05) is 0 Å². The lowest BCUT2D eigenvalue weighted by Gasteiger charge is -2.41. The van der Waals surface area contributed by atoms with Crippen LogP contribution in [0.4, 0.5) is 0 Å². The molecule has 0 aromatic heterocycles. The molecule has 6 nitrogen and oxygen atoms in total. The minimum Gasteiger partial charge on any atom is -0.392 e. The van der Waals surface area contributed by atoms with E-state index in [-0.39, 0.29) is 24.2 Å². The van der Waals surface area contributed by atoms with Crippen LogP contribution in [0.1, 0.15) is 32.1 Å². The first-order chi connectivity index (χ1) is 9.85. The molecule has 7 heteroatoms. The lowest BCUT2D eigenvalue weighted by atomic mass is 9.99. The summed E-state index contributed by atoms with van der Waals surface area (Å²) in [6, 6.07) is 0.443. The molecule has 1 N–H and O–H groups in total. The van der Waals surface area contributed by atoms with Crippen molar-refractivity contribution in [3.05, 3.63) is 0 Å². The summed E-state index contributed by atoms with van der Waals surface area (Å²) in [5.41, 5.74) is 0. The monoisotopic (exact) mass is 318 g/mol. The van der Waals surface area contributed by atoms with Crippen LogP contribution in [0, 0.1) is 0 Å². The third-order valence-electron chi connectivity index (χ3n) is 4.45. The van der Waals surface area contributed by atoms with E-state index in [1.165, 1.54) is 0 Å². The van der Waals surface area contributed by atoms with Crippen molar-refractivity contribution in [2.24, 2.45) is 0 Å². The average molecular weight is 318 g/mol. The van der Waals surface area contributed by atoms with Gasteiger partial charge in [0, 0.05) is 38.4 Å². The number of likely N-dealkylation sites (tertiary alicyclic amines) is 2. The molecule has 2 fully saturated rings. The van der Waals surface area contributed by atoms with Crippen LogP contribution in [-0.4, -0.2) is 79.6 Å². The Balaban J connectivity index is 1.76. The zero-order valence-electron chi connectivity index (χ0n) is 12.7. The van der Waals surface area contributed by atoms with E-state index in [4.69, 9.17) is 0 Å². The number of sulfone groups is 1. The quantitative estimate of drug-likeness (QED) is 0.781. The number of amides is 1. The standard InChI is InChI=1S/C14H26N2O4S/c1-21(19,20)10-6-14(18)15-8-4-12(5-9-15)16-7-2-3-13(17)11-16/h12-13,17H,2-11H2,1H3. The Morgan fingerprint density at radius 1 is 1.19 bits per heavy atom. The number of hydrogen-bond donors (Lipinski definition) is 1. The molecule has 2 heterocycles. The summed E-state index contributed by atoms with van der Waals surface area (Å²) in [6.07, 6.45) is 4.79. The van der Waals surface area contributed by atoms with E-state index in [2.05, 4.69) is 4.90 Å². The summed E-state index contributed by atoms with van der Waals surface area (Å²) >= 11 is 0. The normalized spacial score (nSPS) is 26.0. The number of β-amino-alcohol motifs (C(OH)–C–C–N with tert-alkyl or cyclic N) is 1. The number of hydrogen-bond acceptors (Lipinski definition) is 5. The van der Waals surface area contributed by atoms with Gasteiger partial charge in [-0.25, -0.2) is 8.42 Å². The van der Waals surface area contributed by atoms with Gasteiger partial charge < -0.3 is 10.0 Å². The van der Waals surface area contributed by atoms with Crippen LogP contribution in [0.3, 0.4) is 0 Å². The highest BCUT2D eigenvalue weighted by Gasteiger charge is 2.29. The molecule has 0 aromatic rings. The molecule has 1 amide bonds. The maximum absolute atomic E-state index is 12.0. The first-order valence-corrected chi connectivity index (χ1v) is 9.79. The second-order valence-electron chi connectivity index (χ2n) is 6.28. The Kier molecular flexibility index (Phi) is 5.62. The van der Waals surface area contributed by atoms with Gasteiger partial charge in [0.2, 0.25) is 5.91 Å². The van der Waals surface area contributed by atoms with Crippen molar-refractivity contribution in [2.75, 3.05) is 38.2 Å². The molecule has 0 bridgehead atoms. The Morgan fingerprint density at radius 2 is 1.86 bits per heavy atom. The number of rotatable bonds is 4. The van der Waals surface area contributed by atoms with Crippen molar-refractivity contribution < 1.29 is 18.3 Å². The maximum atomic E-state index is 12.0. The minimum absolute atomic E-state index is 0.0578. The molecule has 1 unspecified atom stereocenters. The number of aliphatic hydroxyl groups is 1. The lowest BCUT2D eigenvalue weighted by Crippen LogP contribution is -2.50. The van der Waals surface area contributed by atoms with Crippen LogP contribution >= 0.6 is 0 Å². The van der Waals surface area contributed by atoms with E-state index in [0.717, 1.165) is 45.0 Å². The van der Waals surface area contributed by atoms with Crippen LogP contribution in [0.2, 0.25) is 0 Å². The average Bonchev–Trinajstić information content (AvgIpc) is 2.44. The van der Waals surface area contributed by atoms with Gasteiger partial charge in [-0.3, -0.25) is 9.69 Å². The van der Waals surface area contributed by atoms with E-state index in [0.29, 0.717) is 19.1 Å². The molecule has 2 aliphatic heterocycles. The van der Waals surface area contributed by atoms with Gasteiger partial charge in [0.05, 0.1) is 11.9 Å². The summed E-state index contributed by atoms with van der Waals surface area (Å²) in [5, 5.41) is 9.73. The van der Waals surface area contributed by atoms with E-state index in [1.54, 1.807) is 4.90 Å². The Morgan fingerprint density at radius 3 is 2.43 bits per heavy atom. The summed E-state index contributed by atoms with van der Waals surface area (Å²) in [6.45, 7) is 3.16. The zero-order chi connectivity index (χ0) is 15.5. The van der Waals surface area contributed by atoms with Crippen molar-refractivity contribution in [1.82, 2.24) is 9.80 Å². The van der Waals surface area contributed by atoms with E-state index in [9.17, 15) is 18.3 Å². The smallest absolute Gasteiger partial charge is 0.223 e.